The van der Waals surface area contributed by atoms with Gasteiger partial charge in [-0.15, -0.1) is 0 Å². The van der Waals surface area contributed by atoms with Crippen molar-refractivity contribution in [3.8, 4) is 11.3 Å². The Kier molecular flexibility index (Phi) is 7.13. The number of nitro benzene ring substituents is 1. The number of nitrogens with zero attached hydrogens (tertiary/aromatic N) is 3. The number of rotatable bonds is 7. The molecule has 1 aliphatic heterocycles. The molecule has 10 nitrogen and oxygen atoms in total. The van der Waals surface area contributed by atoms with Gasteiger partial charge in [-0.05, 0) is 79.6 Å². The van der Waals surface area contributed by atoms with E-state index in [1.54, 1.807) is 42.5 Å². The van der Waals surface area contributed by atoms with Crippen LogP contribution in [0, 0.1) is 33.8 Å². The number of imide groups is 1. The van der Waals surface area contributed by atoms with Gasteiger partial charge in [0.05, 0.1) is 39.2 Å². The van der Waals surface area contributed by atoms with E-state index in [0.717, 1.165) is 25.3 Å². The zero-order valence-corrected chi connectivity index (χ0v) is 25.0. The number of benzene rings is 3. The Hall–Kier alpha value is -4.67. The van der Waals surface area contributed by atoms with E-state index in [4.69, 9.17) is 27.9 Å². The van der Waals surface area contributed by atoms with Gasteiger partial charge in [-0.1, -0.05) is 35.3 Å². The Morgan fingerprint density at radius 2 is 1.62 bits per heavy atom. The van der Waals surface area contributed by atoms with Crippen molar-refractivity contribution in [3.63, 3.8) is 0 Å². The molecule has 4 aromatic rings. The third-order valence-corrected chi connectivity index (χ3v) is 9.69. The average molecular weight is 644 g/mol. The summed E-state index contributed by atoms with van der Waals surface area (Å²) < 4.78 is 5.34. The standard InChI is InChI=1S/C33H23Cl2N3O7/c34-20-6-10-25-22(13-20)23(33(42)45-15-28(39)17-5-9-24(35)27(12-17)38(43)44)14-26(36-25)16-3-7-21(8-4-16)37-31(40)29-18-1-2-19(11-18)30(29)32(37)41/h3-10,12-14,18-19,29-30H,1-2,11,15H2. The summed E-state index contributed by atoms with van der Waals surface area (Å²) in [6.07, 6.45) is 2.96. The molecule has 2 aliphatic carbocycles. The van der Waals surface area contributed by atoms with Gasteiger partial charge in [0.25, 0.3) is 5.69 Å². The molecule has 0 spiro atoms. The van der Waals surface area contributed by atoms with Crippen LogP contribution in [0.5, 0.6) is 0 Å². The maximum atomic E-state index is 13.3. The van der Waals surface area contributed by atoms with Crippen LogP contribution >= 0.6 is 23.2 Å². The minimum absolute atomic E-state index is 0.0337. The van der Waals surface area contributed by atoms with Crippen LogP contribution in [0.2, 0.25) is 10.0 Å². The molecule has 4 unspecified atom stereocenters. The van der Waals surface area contributed by atoms with E-state index in [9.17, 15) is 29.3 Å². The lowest BCUT2D eigenvalue weighted by Crippen LogP contribution is -2.32. The van der Waals surface area contributed by atoms with Crippen molar-refractivity contribution in [2.75, 3.05) is 11.5 Å². The van der Waals surface area contributed by atoms with E-state index in [0.29, 0.717) is 32.9 Å². The maximum absolute atomic E-state index is 13.3. The van der Waals surface area contributed by atoms with Crippen LogP contribution in [-0.4, -0.2) is 40.1 Å². The van der Waals surface area contributed by atoms with Gasteiger partial charge in [-0.25, -0.2) is 9.78 Å². The molecule has 0 radical (unpaired) electrons. The monoisotopic (exact) mass is 643 g/mol. The highest BCUT2D eigenvalue weighted by atomic mass is 35.5. The van der Waals surface area contributed by atoms with E-state index in [-0.39, 0.29) is 51.6 Å². The smallest absolute Gasteiger partial charge is 0.339 e. The third kappa shape index (κ3) is 4.94. The lowest BCUT2D eigenvalue weighted by molar-refractivity contribution is -0.384. The third-order valence-electron chi connectivity index (χ3n) is 9.14. The second-order valence-electron chi connectivity index (χ2n) is 11.6. The van der Waals surface area contributed by atoms with Crippen LogP contribution in [0.3, 0.4) is 0 Å². The highest BCUT2D eigenvalue weighted by molar-refractivity contribution is 6.33. The number of halogens is 2. The molecule has 12 heteroatoms. The summed E-state index contributed by atoms with van der Waals surface area (Å²) in [6, 6.07) is 16.8. The maximum Gasteiger partial charge on any atom is 0.339 e. The second kappa shape index (κ2) is 11.0. The van der Waals surface area contributed by atoms with Crippen molar-refractivity contribution in [2.24, 2.45) is 23.7 Å². The average Bonchev–Trinajstić information content (AvgIpc) is 3.72. The number of esters is 1. The fourth-order valence-electron chi connectivity index (χ4n) is 7.08. The molecule has 1 saturated heterocycles. The van der Waals surface area contributed by atoms with Gasteiger partial charge in [-0.2, -0.15) is 0 Å². The fraction of sp³-hybridized carbons (Fsp3) is 0.242. The Labute approximate surface area is 266 Å². The number of anilines is 1. The molecule has 2 bridgehead atoms. The number of carbonyl (C=O) groups is 4. The summed E-state index contributed by atoms with van der Waals surface area (Å²) in [7, 11) is 0. The largest absolute Gasteiger partial charge is 0.454 e. The predicted octanol–water partition coefficient (Wildman–Crippen LogP) is 6.69. The summed E-state index contributed by atoms with van der Waals surface area (Å²) >= 11 is 12.1. The first-order valence-electron chi connectivity index (χ1n) is 14.3. The van der Waals surface area contributed by atoms with Gasteiger partial charge in [0.15, 0.2) is 6.61 Å². The van der Waals surface area contributed by atoms with Crippen molar-refractivity contribution in [3.05, 3.63) is 98.0 Å². The topological polar surface area (TPSA) is 137 Å². The number of Topliss-reactive ketones (excluding diaryl/α,β-unsaturated/α-hetero) is 1. The predicted molar refractivity (Wildman–Crippen MR) is 165 cm³/mol. The van der Waals surface area contributed by atoms with Gasteiger partial charge in [-0.3, -0.25) is 29.4 Å². The molecule has 7 rings (SSSR count). The molecular formula is C33H23Cl2N3O7. The quantitative estimate of drug-likeness (QED) is 0.0714. The van der Waals surface area contributed by atoms with Crippen molar-refractivity contribution in [1.29, 1.82) is 0 Å². The Balaban J connectivity index is 1.15. The molecule has 45 heavy (non-hydrogen) atoms. The number of aromatic nitrogens is 1. The molecule has 2 saturated carbocycles. The lowest BCUT2D eigenvalue weighted by atomic mass is 9.81. The van der Waals surface area contributed by atoms with E-state index in [1.165, 1.54) is 23.1 Å². The molecular weight excluding hydrogens is 621 g/mol. The van der Waals surface area contributed by atoms with Gasteiger partial charge in [0.1, 0.15) is 5.02 Å². The Morgan fingerprint density at radius 1 is 0.933 bits per heavy atom. The van der Waals surface area contributed by atoms with Crippen LogP contribution in [0.25, 0.3) is 22.2 Å². The number of nitro groups is 1. The van der Waals surface area contributed by atoms with Crippen LogP contribution in [-0.2, 0) is 14.3 Å². The molecule has 3 fully saturated rings. The van der Waals surface area contributed by atoms with Gasteiger partial charge in [0.2, 0.25) is 17.6 Å². The number of hydrogen-bond acceptors (Lipinski definition) is 8. The summed E-state index contributed by atoms with van der Waals surface area (Å²) in [5, 5.41) is 11.8. The van der Waals surface area contributed by atoms with Gasteiger partial charge >= 0.3 is 5.97 Å². The first kappa shape index (κ1) is 29.1. The number of ether oxygens (including phenoxy) is 1. The number of amides is 2. The summed E-state index contributed by atoms with van der Waals surface area (Å²) in [4.78, 5) is 69.1. The normalized spacial score (nSPS) is 21.8. The zero-order chi connectivity index (χ0) is 31.6. The molecule has 3 aromatic carbocycles. The molecule has 2 heterocycles. The molecule has 0 N–H and O–H groups in total. The molecule has 3 aliphatic rings. The zero-order valence-electron chi connectivity index (χ0n) is 23.4. The fourth-order valence-corrected chi connectivity index (χ4v) is 7.44. The number of carbonyl (C=O) groups excluding carboxylic acids is 4. The Bertz CT molecular complexity index is 1930. The summed E-state index contributed by atoms with van der Waals surface area (Å²) in [5.74, 6) is -1.60. The number of ketones is 1. The van der Waals surface area contributed by atoms with Crippen molar-refractivity contribution in [2.45, 2.75) is 19.3 Å². The minimum Gasteiger partial charge on any atom is -0.454 e. The van der Waals surface area contributed by atoms with Gasteiger partial charge < -0.3 is 4.74 Å². The highest BCUT2D eigenvalue weighted by Gasteiger charge is 2.61. The summed E-state index contributed by atoms with van der Waals surface area (Å²) in [5.41, 5.74) is 1.60. The number of hydrogen-bond donors (Lipinski definition) is 0. The second-order valence-corrected chi connectivity index (χ2v) is 12.4. The van der Waals surface area contributed by atoms with E-state index in [2.05, 4.69) is 4.98 Å². The van der Waals surface area contributed by atoms with Crippen molar-refractivity contribution >= 4 is 69.0 Å². The first-order valence-corrected chi connectivity index (χ1v) is 15.1. The lowest BCUT2D eigenvalue weighted by Gasteiger charge is -2.19. The van der Waals surface area contributed by atoms with Crippen LogP contribution in [0.1, 0.15) is 40.0 Å². The number of fused-ring (bicyclic) bond motifs is 6. The minimum atomic E-state index is -0.825. The van der Waals surface area contributed by atoms with Gasteiger partial charge in [0, 0.05) is 27.6 Å². The van der Waals surface area contributed by atoms with E-state index in [1.807, 2.05) is 0 Å². The Morgan fingerprint density at radius 3 is 2.29 bits per heavy atom. The van der Waals surface area contributed by atoms with Crippen LogP contribution in [0.4, 0.5) is 11.4 Å². The van der Waals surface area contributed by atoms with E-state index < -0.39 is 29.0 Å². The molecule has 4 atom stereocenters. The first-order chi connectivity index (χ1) is 21.6. The van der Waals surface area contributed by atoms with Crippen molar-refractivity contribution < 1.29 is 28.8 Å². The molecule has 2 amide bonds. The highest BCUT2D eigenvalue weighted by Crippen LogP contribution is 2.56. The number of pyridine rings is 1. The molecule has 1 aromatic heterocycles. The van der Waals surface area contributed by atoms with E-state index >= 15 is 0 Å². The SMILES string of the molecule is O=C(COC(=O)c1cc(-c2ccc(N3C(=O)C4C5CCC(C5)C4C3=O)cc2)nc2ccc(Cl)cc12)c1ccc(Cl)c([N+](=O)[O-])c1. The summed E-state index contributed by atoms with van der Waals surface area (Å²) in [6.45, 7) is -0.673. The van der Waals surface area contributed by atoms with Crippen LogP contribution in [0.15, 0.2) is 66.7 Å². The van der Waals surface area contributed by atoms with Crippen molar-refractivity contribution in [1.82, 2.24) is 4.98 Å². The van der Waals surface area contributed by atoms with Crippen LogP contribution < -0.4 is 4.90 Å². The molecule has 226 valence electrons.